The maximum Gasteiger partial charge on any atom is 0.337 e. The van der Waals surface area contributed by atoms with E-state index in [9.17, 15) is 9.59 Å². The van der Waals surface area contributed by atoms with Gasteiger partial charge in [0.1, 0.15) is 17.6 Å². The number of aryl methyl sites for hydroxylation is 1. The van der Waals surface area contributed by atoms with E-state index in [2.05, 4.69) is 5.32 Å². The molecule has 0 unspecified atom stereocenters. The highest BCUT2D eigenvalue weighted by Gasteiger charge is 2.41. The van der Waals surface area contributed by atoms with Crippen molar-refractivity contribution in [3.63, 3.8) is 0 Å². The largest absolute Gasteiger partial charge is 0.485 e. The second-order valence-corrected chi connectivity index (χ2v) is 9.54. The van der Waals surface area contributed by atoms with E-state index in [4.69, 9.17) is 25.8 Å². The van der Waals surface area contributed by atoms with Crippen LogP contribution in [0.3, 0.4) is 0 Å². The summed E-state index contributed by atoms with van der Waals surface area (Å²) in [6, 6.07) is 20.1. The Bertz CT molecular complexity index is 1290. The van der Waals surface area contributed by atoms with Crippen LogP contribution in [0.1, 0.15) is 59.0 Å². The van der Waals surface area contributed by atoms with Crippen LogP contribution in [0.5, 0.6) is 11.5 Å². The number of halogens is 1. The van der Waals surface area contributed by atoms with Crippen LogP contribution in [0.25, 0.3) is 0 Å². The van der Waals surface area contributed by atoms with Crippen LogP contribution in [-0.2, 0) is 16.0 Å². The van der Waals surface area contributed by atoms with Gasteiger partial charge >= 0.3 is 5.97 Å². The molecule has 7 heteroatoms. The lowest BCUT2D eigenvalue weighted by Gasteiger charge is -2.38. The molecule has 0 aromatic heterocycles. The Labute approximate surface area is 209 Å². The Morgan fingerprint density at radius 3 is 2.71 bits per heavy atom. The van der Waals surface area contributed by atoms with Crippen LogP contribution >= 0.6 is 11.6 Å². The summed E-state index contributed by atoms with van der Waals surface area (Å²) in [5, 5.41) is 3.87. The average molecular weight is 492 g/mol. The molecular weight excluding hydrogens is 466 g/mol. The molecule has 0 saturated heterocycles. The van der Waals surface area contributed by atoms with Crippen molar-refractivity contribution >= 4 is 23.5 Å². The lowest BCUT2D eigenvalue weighted by atomic mass is 9.89. The summed E-state index contributed by atoms with van der Waals surface area (Å²) in [5.74, 6) is 0.800. The molecule has 180 valence electrons. The molecule has 6 nitrogen and oxygen atoms in total. The number of benzene rings is 3. The standard InChI is InChI=1S/C28H26ClNO5/c1-28(13-12-18-15-20(29)10-11-23(18)35-28)27(32)30-22-16-25(34-24-9-4-3-8-21(22)24)17-6-5-7-19(14-17)26(31)33-2/h3-11,14-15,22,25H,12-13,16H2,1-2H3,(H,30,32)/t22-,25-,28+/m1/s1. The van der Waals surface area contributed by atoms with Gasteiger partial charge < -0.3 is 19.5 Å². The summed E-state index contributed by atoms with van der Waals surface area (Å²) in [5.41, 5.74) is 2.20. The Morgan fingerprint density at radius 1 is 1.06 bits per heavy atom. The fraction of sp³-hybridized carbons (Fsp3) is 0.286. The quantitative estimate of drug-likeness (QED) is 0.481. The van der Waals surface area contributed by atoms with Crippen molar-refractivity contribution in [2.75, 3.05) is 7.11 Å². The number of methoxy groups -OCH3 is 1. The highest BCUT2D eigenvalue weighted by Crippen LogP contribution is 2.42. The molecule has 0 spiro atoms. The van der Waals surface area contributed by atoms with Gasteiger partial charge in [-0.2, -0.15) is 0 Å². The molecule has 1 N–H and O–H groups in total. The molecule has 5 rings (SSSR count). The van der Waals surface area contributed by atoms with E-state index >= 15 is 0 Å². The number of fused-ring (bicyclic) bond motifs is 2. The Balaban J connectivity index is 1.39. The number of ether oxygens (including phenoxy) is 3. The molecule has 2 aliphatic heterocycles. The first-order valence-corrected chi connectivity index (χ1v) is 12.0. The van der Waals surface area contributed by atoms with Crippen LogP contribution in [0.15, 0.2) is 66.7 Å². The maximum absolute atomic E-state index is 13.5. The molecule has 3 aromatic rings. The topological polar surface area (TPSA) is 73.9 Å². The number of hydrogen-bond donors (Lipinski definition) is 1. The third-order valence-corrected chi connectivity index (χ3v) is 6.94. The summed E-state index contributed by atoms with van der Waals surface area (Å²) in [6.07, 6.45) is 1.41. The van der Waals surface area contributed by atoms with Crippen LogP contribution in [0.2, 0.25) is 5.02 Å². The molecule has 3 aromatic carbocycles. The Hall–Kier alpha value is -3.51. The molecule has 3 atom stereocenters. The first-order valence-electron chi connectivity index (χ1n) is 11.6. The van der Waals surface area contributed by atoms with E-state index in [0.29, 0.717) is 41.3 Å². The van der Waals surface area contributed by atoms with E-state index < -0.39 is 11.6 Å². The molecule has 0 fully saturated rings. The Morgan fingerprint density at radius 2 is 1.89 bits per heavy atom. The van der Waals surface area contributed by atoms with Gasteiger partial charge in [0.05, 0.1) is 18.7 Å². The predicted octanol–water partition coefficient (Wildman–Crippen LogP) is 5.59. The van der Waals surface area contributed by atoms with Crippen molar-refractivity contribution in [3.05, 3.63) is 94.0 Å². The SMILES string of the molecule is COC(=O)c1cccc([C@H]2C[C@@H](NC(=O)[C@]3(C)CCc4cc(Cl)ccc4O3)c3ccccc3O2)c1. The van der Waals surface area contributed by atoms with Crippen LogP contribution < -0.4 is 14.8 Å². The normalized spacial score (nSPS) is 22.6. The summed E-state index contributed by atoms with van der Waals surface area (Å²) in [4.78, 5) is 25.6. The van der Waals surface area contributed by atoms with Crippen molar-refractivity contribution < 1.29 is 23.8 Å². The number of rotatable bonds is 4. The summed E-state index contributed by atoms with van der Waals surface area (Å²) >= 11 is 6.11. The minimum atomic E-state index is -1.01. The Kier molecular flexibility index (Phi) is 6.15. The highest BCUT2D eigenvalue weighted by molar-refractivity contribution is 6.30. The van der Waals surface area contributed by atoms with Crippen molar-refractivity contribution in [1.29, 1.82) is 0 Å². The first kappa shape index (κ1) is 23.2. The molecule has 2 heterocycles. The third kappa shape index (κ3) is 4.58. The molecule has 0 bridgehead atoms. The maximum atomic E-state index is 13.5. The van der Waals surface area contributed by atoms with E-state index in [-0.39, 0.29) is 18.1 Å². The minimum absolute atomic E-state index is 0.179. The van der Waals surface area contributed by atoms with Crippen molar-refractivity contribution in [3.8, 4) is 11.5 Å². The number of amides is 1. The molecule has 0 saturated carbocycles. The lowest BCUT2D eigenvalue weighted by molar-refractivity contribution is -0.138. The molecule has 0 aliphatic carbocycles. The van der Waals surface area contributed by atoms with Gasteiger partial charge in [0.2, 0.25) is 0 Å². The predicted molar refractivity (Wildman–Crippen MR) is 132 cm³/mol. The van der Waals surface area contributed by atoms with Crippen molar-refractivity contribution in [2.24, 2.45) is 0 Å². The van der Waals surface area contributed by atoms with Gasteiger partial charge in [0.15, 0.2) is 5.60 Å². The smallest absolute Gasteiger partial charge is 0.337 e. The zero-order chi connectivity index (χ0) is 24.6. The summed E-state index contributed by atoms with van der Waals surface area (Å²) < 4.78 is 17.3. The van der Waals surface area contributed by atoms with E-state index in [1.807, 2.05) is 49.4 Å². The van der Waals surface area contributed by atoms with E-state index in [0.717, 1.165) is 16.7 Å². The molecular formula is C28H26ClNO5. The second-order valence-electron chi connectivity index (χ2n) is 9.11. The lowest BCUT2D eigenvalue weighted by Crippen LogP contribution is -2.52. The van der Waals surface area contributed by atoms with Gasteiger partial charge in [-0.25, -0.2) is 4.79 Å². The fourth-order valence-electron chi connectivity index (χ4n) is 4.72. The van der Waals surface area contributed by atoms with E-state index in [1.165, 1.54) is 7.11 Å². The minimum Gasteiger partial charge on any atom is -0.485 e. The number of hydrogen-bond acceptors (Lipinski definition) is 5. The number of nitrogens with one attached hydrogen (secondary N) is 1. The van der Waals surface area contributed by atoms with Gasteiger partial charge in [-0.1, -0.05) is 41.9 Å². The van der Waals surface area contributed by atoms with Crippen LogP contribution in [-0.4, -0.2) is 24.6 Å². The molecule has 0 radical (unpaired) electrons. The summed E-state index contributed by atoms with van der Waals surface area (Å²) in [6.45, 7) is 1.82. The van der Waals surface area contributed by atoms with Crippen molar-refractivity contribution in [2.45, 2.75) is 43.9 Å². The highest BCUT2D eigenvalue weighted by atomic mass is 35.5. The molecule has 35 heavy (non-hydrogen) atoms. The monoisotopic (exact) mass is 491 g/mol. The van der Waals surface area contributed by atoms with Gasteiger partial charge in [0, 0.05) is 23.4 Å². The average Bonchev–Trinajstić information content (AvgIpc) is 2.88. The molecule has 1 amide bonds. The van der Waals surface area contributed by atoms with Gasteiger partial charge in [0.25, 0.3) is 5.91 Å². The summed E-state index contributed by atoms with van der Waals surface area (Å²) in [7, 11) is 1.36. The van der Waals surface area contributed by atoms with Gasteiger partial charge in [-0.05, 0) is 60.9 Å². The fourth-order valence-corrected chi connectivity index (χ4v) is 4.92. The second kappa shape index (κ2) is 9.27. The van der Waals surface area contributed by atoms with Crippen molar-refractivity contribution in [1.82, 2.24) is 5.32 Å². The number of carbonyl (C=O) groups excluding carboxylic acids is 2. The first-order chi connectivity index (χ1) is 16.9. The number of carbonyl (C=O) groups is 2. The molecule has 2 aliphatic rings. The van der Waals surface area contributed by atoms with Gasteiger partial charge in [-0.3, -0.25) is 4.79 Å². The zero-order valence-corrected chi connectivity index (χ0v) is 20.3. The third-order valence-electron chi connectivity index (χ3n) is 6.71. The number of para-hydroxylation sites is 1. The zero-order valence-electron chi connectivity index (χ0n) is 19.5. The van der Waals surface area contributed by atoms with Crippen LogP contribution in [0, 0.1) is 0 Å². The van der Waals surface area contributed by atoms with E-state index in [1.54, 1.807) is 24.3 Å². The number of esters is 1. The van der Waals surface area contributed by atoms with Gasteiger partial charge in [-0.15, -0.1) is 0 Å². The van der Waals surface area contributed by atoms with Crippen LogP contribution in [0.4, 0.5) is 0 Å².